The van der Waals surface area contributed by atoms with Gasteiger partial charge in [0.25, 0.3) is 0 Å². The number of hydrogen-bond acceptors (Lipinski definition) is 5. The second-order valence-corrected chi connectivity index (χ2v) is 8.60. The van der Waals surface area contributed by atoms with Crippen LogP contribution in [0.15, 0.2) is 36.8 Å². The Morgan fingerprint density at radius 3 is 2.86 bits per heavy atom. The molecule has 1 aromatic carbocycles. The van der Waals surface area contributed by atoms with Crippen LogP contribution in [0.1, 0.15) is 42.6 Å². The fourth-order valence-electron chi connectivity index (χ4n) is 4.95. The van der Waals surface area contributed by atoms with E-state index in [4.69, 9.17) is 4.74 Å². The lowest BCUT2D eigenvalue weighted by Crippen LogP contribution is -2.34. The van der Waals surface area contributed by atoms with Gasteiger partial charge >= 0.3 is 0 Å². The highest BCUT2D eigenvalue weighted by Crippen LogP contribution is 2.38. The molecule has 5 rings (SSSR count). The predicted octanol–water partition coefficient (Wildman–Crippen LogP) is 2.98. The first kappa shape index (κ1) is 18.6. The molecule has 0 unspecified atom stereocenters. The molecule has 2 N–H and O–H groups in total. The van der Waals surface area contributed by atoms with E-state index in [1.54, 1.807) is 0 Å². The monoisotopic (exact) mass is 393 g/mol. The molecular weight excluding hydrogens is 366 g/mol. The number of nitrogens with zero attached hydrogens (tertiary/aromatic N) is 3. The zero-order valence-electron chi connectivity index (χ0n) is 16.8. The van der Waals surface area contributed by atoms with E-state index >= 15 is 0 Å². The standard InChI is InChI=1S/C23H27N3O3/c1-13-6-7-17-15(10-13)4-3-5-19(17)29-20-11-18(21(27)22(20)28)26-9-8-16-14(2)24-12-25-23(16)26/h3-5,8-9,12-13,18,20-22,27-28H,6-7,10-11H2,1-2H3/t13-,18+,20-,21-,22+/m0/s1. The lowest BCUT2D eigenvalue weighted by atomic mass is 9.84. The summed E-state index contributed by atoms with van der Waals surface area (Å²) in [5.74, 6) is 1.54. The van der Waals surface area contributed by atoms with Crippen LogP contribution in [0.25, 0.3) is 11.0 Å². The van der Waals surface area contributed by atoms with Crippen molar-refractivity contribution in [2.45, 2.75) is 63.9 Å². The van der Waals surface area contributed by atoms with Crippen molar-refractivity contribution >= 4 is 11.0 Å². The summed E-state index contributed by atoms with van der Waals surface area (Å²) in [4.78, 5) is 8.64. The SMILES string of the molecule is Cc1ncnc2c1ccn2[C@@H]1C[C@H](Oc2cccc3c2CC[C@H](C)C3)[C@@H](O)[C@H]1O. The van der Waals surface area contributed by atoms with Gasteiger partial charge < -0.3 is 19.5 Å². The smallest absolute Gasteiger partial charge is 0.143 e. The molecular formula is C23H27N3O3. The Labute approximate surface area is 170 Å². The molecule has 5 atom stereocenters. The van der Waals surface area contributed by atoms with E-state index in [1.807, 2.05) is 35.9 Å². The quantitative estimate of drug-likeness (QED) is 0.715. The van der Waals surface area contributed by atoms with Gasteiger partial charge in [-0.05, 0) is 55.4 Å². The minimum Gasteiger partial charge on any atom is -0.487 e. The Hall–Kier alpha value is -2.44. The van der Waals surface area contributed by atoms with Crippen LogP contribution in [0, 0.1) is 12.8 Å². The van der Waals surface area contributed by atoms with E-state index in [0.29, 0.717) is 12.3 Å². The maximum atomic E-state index is 10.8. The Morgan fingerprint density at radius 1 is 1.14 bits per heavy atom. The molecule has 2 aliphatic rings. The molecule has 0 saturated heterocycles. The van der Waals surface area contributed by atoms with Crippen molar-refractivity contribution in [3.63, 3.8) is 0 Å². The summed E-state index contributed by atoms with van der Waals surface area (Å²) in [5.41, 5.74) is 4.28. The minimum atomic E-state index is -0.946. The fourth-order valence-corrected chi connectivity index (χ4v) is 4.95. The van der Waals surface area contributed by atoms with E-state index < -0.39 is 18.3 Å². The van der Waals surface area contributed by atoms with Gasteiger partial charge in [-0.25, -0.2) is 9.97 Å². The number of aliphatic hydroxyl groups excluding tert-OH is 2. The second-order valence-electron chi connectivity index (χ2n) is 8.60. The highest BCUT2D eigenvalue weighted by atomic mass is 16.5. The van der Waals surface area contributed by atoms with Gasteiger partial charge in [0.15, 0.2) is 0 Å². The first-order valence-electron chi connectivity index (χ1n) is 10.4. The first-order chi connectivity index (χ1) is 14.0. The molecule has 1 fully saturated rings. The van der Waals surface area contributed by atoms with Crippen molar-refractivity contribution in [3.05, 3.63) is 53.6 Å². The van der Waals surface area contributed by atoms with Crippen molar-refractivity contribution in [2.75, 3.05) is 0 Å². The van der Waals surface area contributed by atoms with Crippen LogP contribution in [0.3, 0.4) is 0 Å². The van der Waals surface area contributed by atoms with Gasteiger partial charge in [-0.1, -0.05) is 19.1 Å². The van der Waals surface area contributed by atoms with Crippen LogP contribution < -0.4 is 4.74 Å². The molecule has 1 saturated carbocycles. The molecule has 2 heterocycles. The number of aliphatic hydroxyl groups is 2. The van der Waals surface area contributed by atoms with Crippen molar-refractivity contribution in [3.8, 4) is 5.75 Å². The average Bonchev–Trinajstić information content (AvgIpc) is 3.25. The third kappa shape index (κ3) is 3.11. The van der Waals surface area contributed by atoms with Crippen LogP contribution in [0.4, 0.5) is 0 Å². The van der Waals surface area contributed by atoms with Crippen LogP contribution in [-0.2, 0) is 12.8 Å². The van der Waals surface area contributed by atoms with E-state index in [2.05, 4.69) is 23.0 Å². The second kappa shape index (κ2) is 7.11. The minimum absolute atomic E-state index is 0.290. The maximum Gasteiger partial charge on any atom is 0.143 e. The third-order valence-electron chi connectivity index (χ3n) is 6.63. The average molecular weight is 393 g/mol. The number of rotatable bonds is 3. The Bertz CT molecular complexity index is 1050. The molecule has 0 amide bonds. The van der Waals surface area contributed by atoms with E-state index in [-0.39, 0.29) is 6.04 Å². The van der Waals surface area contributed by atoms with Gasteiger partial charge in [0, 0.05) is 18.0 Å². The molecule has 0 spiro atoms. The van der Waals surface area contributed by atoms with Crippen LogP contribution >= 0.6 is 0 Å². The zero-order chi connectivity index (χ0) is 20.1. The van der Waals surface area contributed by atoms with Gasteiger partial charge in [-0.2, -0.15) is 0 Å². The summed E-state index contributed by atoms with van der Waals surface area (Å²) in [6.45, 7) is 4.23. The number of benzene rings is 1. The van der Waals surface area contributed by atoms with Crippen molar-refractivity contribution < 1.29 is 14.9 Å². The highest BCUT2D eigenvalue weighted by Gasteiger charge is 2.44. The van der Waals surface area contributed by atoms with E-state index in [1.165, 1.54) is 17.5 Å². The zero-order valence-corrected chi connectivity index (χ0v) is 16.8. The van der Waals surface area contributed by atoms with Crippen LogP contribution in [-0.4, -0.2) is 43.1 Å². The van der Waals surface area contributed by atoms with Gasteiger partial charge in [0.1, 0.15) is 36.0 Å². The lowest BCUT2D eigenvalue weighted by Gasteiger charge is -2.26. The molecule has 29 heavy (non-hydrogen) atoms. The lowest BCUT2D eigenvalue weighted by molar-refractivity contribution is -0.0166. The number of fused-ring (bicyclic) bond motifs is 2. The summed E-state index contributed by atoms with van der Waals surface area (Å²) in [5, 5.41) is 22.5. The van der Waals surface area contributed by atoms with Gasteiger partial charge in [-0.3, -0.25) is 0 Å². The molecule has 6 heteroatoms. The normalized spacial score (nSPS) is 29.2. The number of aryl methyl sites for hydroxylation is 1. The topological polar surface area (TPSA) is 80.4 Å². The molecule has 152 valence electrons. The van der Waals surface area contributed by atoms with Crippen molar-refractivity contribution in [2.24, 2.45) is 5.92 Å². The largest absolute Gasteiger partial charge is 0.487 e. The number of aromatic nitrogens is 3. The summed E-state index contributed by atoms with van der Waals surface area (Å²) in [7, 11) is 0. The maximum absolute atomic E-state index is 10.8. The van der Waals surface area contributed by atoms with Gasteiger partial charge in [0.2, 0.25) is 0 Å². The predicted molar refractivity (Wildman–Crippen MR) is 110 cm³/mol. The summed E-state index contributed by atoms with van der Waals surface area (Å²) < 4.78 is 8.25. The van der Waals surface area contributed by atoms with E-state index in [0.717, 1.165) is 41.7 Å². The summed E-state index contributed by atoms with van der Waals surface area (Å²) >= 11 is 0. The molecule has 0 bridgehead atoms. The van der Waals surface area contributed by atoms with E-state index in [9.17, 15) is 10.2 Å². The molecule has 3 aromatic rings. The van der Waals surface area contributed by atoms with Crippen molar-refractivity contribution in [1.82, 2.24) is 14.5 Å². The fraction of sp³-hybridized carbons (Fsp3) is 0.478. The summed E-state index contributed by atoms with van der Waals surface area (Å²) in [6.07, 6.45) is 4.89. The third-order valence-corrected chi connectivity index (χ3v) is 6.63. The number of hydrogen-bond donors (Lipinski definition) is 2. The molecule has 2 aromatic heterocycles. The van der Waals surface area contributed by atoms with Gasteiger partial charge in [-0.15, -0.1) is 0 Å². The highest BCUT2D eigenvalue weighted by molar-refractivity contribution is 5.78. The Balaban J connectivity index is 1.42. The van der Waals surface area contributed by atoms with Crippen LogP contribution in [0.2, 0.25) is 0 Å². The van der Waals surface area contributed by atoms with Gasteiger partial charge in [0.05, 0.1) is 11.7 Å². The molecule has 0 aliphatic heterocycles. The first-order valence-corrected chi connectivity index (χ1v) is 10.4. The van der Waals surface area contributed by atoms with Crippen LogP contribution in [0.5, 0.6) is 5.75 Å². The Kier molecular flexibility index (Phi) is 4.56. The molecule has 2 aliphatic carbocycles. The molecule has 0 radical (unpaired) electrons. The molecule has 6 nitrogen and oxygen atoms in total. The summed E-state index contributed by atoms with van der Waals surface area (Å²) in [6, 6.07) is 7.87. The number of ether oxygens (including phenoxy) is 1. The Morgan fingerprint density at radius 2 is 2.00 bits per heavy atom. The van der Waals surface area contributed by atoms with Crippen molar-refractivity contribution in [1.29, 1.82) is 0 Å².